The van der Waals surface area contributed by atoms with Crippen LogP contribution in [0.1, 0.15) is 75.6 Å². The van der Waals surface area contributed by atoms with Crippen LogP contribution in [0.2, 0.25) is 0 Å². The molecule has 0 radical (unpaired) electrons. The van der Waals surface area contributed by atoms with Crippen LogP contribution < -0.4 is 5.56 Å². The highest BCUT2D eigenvalue weighted by Crippen LogP contribution is 2.25. The molecule has 2 aromatic heterocycles. The Morgan fingerprint density at radius 2 is 1.78 bits per heavy atom. The van der Waals surface area contributed by atoms with E-state index in [0.29, 0.717) is 6.54 Å². The number of hydrogen-bond donors (Lipinski definition) is 1. The number of aromatic nitrogens is 4. The summed E-state index contributed by atoms with van der Waals surface area (Å²) in [6, 6.07) is 0. The summed E-state index contributed by atoms with van der Waals surface area (Å²) in [6.07, 6.45) is 0.813. The molecule has 1 aliphatic heterocycles. The smallest absolute Gasteiger partial charge is 0.255 e. The Bertz CT molecular complexity index is 908. The molecular weight excluding hydrogens is 338 g/mol. The molecule has 27 heavy (non-hydrogen) atoms. The first-order valence-electron chi connectivity index (χ1n) is 9.78. The number of hydrogen-bond acceptors (Lipinski definition) is 4. The topological polar surface area (TPSA) is 66.8 Å². The average molecular weight is 372 g/mol. The molecule has 0 fully saturated rings. The van der Waals surface area contributed by atoms with Gasteiger partial charge in [0, 0.05) is 42.7 Å². The fourth-order valence-electron chi connectivity index (χ4n) is 3.75. The van der Waals surface area contributed by atoms with Crippen molar-refractivity contribution in [1.82, 2.24) is 24.6 Å². The van der Waals surface area contributed by atoms with Crippen molar-refractivity contribution in [3.05, 3.63) is 44.4 Å². The van der Waals surface area contributed by atoms with Crippen LogP contribution in [0.3, 0.4) is 0 Å². The maximum atomic E-state index is 12.7. The lowest BCUT2D eigenvalue weighted by molar-refractivity contribution is 0.239. The Labute approximate surface area is 162 Å². The van der Waals surface area contributed by atoms with Crippen molar-refractivity contribution in [1.29, 1.82) is 0 Å². The second-order valence-corrected chi connectivity index (χ2v) is 9.78. The van der Waals surface area contributed by atoms with Crippen molar-refractivity contribution in [3.63, 3.8) is 0 Å². The number of nitrogens with one attached hydrogen (secondary N) is 1. The molecule has 1 aliphatic rings. The summed E-state index contributed by atoms with van der Waals surface area (Å²) in [6.45, 7) is 19.3. The van der Waals surface area contributed by atoms with Gasteiger partial charge in [-0.25, -0.2) is 4.98 Å². The molecule has 0 aliphatic carbocycles. The van der Waals surface area contributed by atoms with Gasteiger partial charge in [0.05, 0.1) is 22.5 Å². The van der Waals surface area contributed by atoms with E-state index in [-0.39, 0.29) is 16.5 Å². The standard InChI is InChI=1S/C21H33N5O/c1-13-15(14(2)26(24-13)21(6,7)8)11-25-10-9-17-16(12-25)18(27)23-19(22-17)20(3,4)5/h9-12H2,1-8H3,(H,22,23,27). The third kappa shape index (κ3) is 3.86. The summed E-state index contributed by atoms with van der Waals surface area (Å²) >= 11 is 0. The predicted octanol–water partition coefficient (Wildman–Crippen LogP) is 3.19. The van der Waals surface area contributed by atoms with Crippen molar-refractivity contribution in [2.45, 2.75) is 85.9 Å². The Morgan fingerprint density at radius 3 is 2.33 bits per heavy atom. The van der Waals surface area contributed by atoms with Crippen molar-refractivity contribution in [3.8, 4) is 0 Å². The molecule has 0 aromatic carbocycles. The number of rotatable bonds is 2. The minimum atomic E-state index is -0.152. The van der Waals surface area contributed by atoms with Crippen LogP contribution in [0.5, 0.6) is 0 Å². The van der Waals surface area contributed by atoms with Gasteiger partial charge in [0.2, 0.25) is 0 Å². The van der Waals surface area contributed by atoms with Crippen molar-refractivity contribution in [2.24, 2.45) is 0 Å². The van der Waals surface area contributed by atoms with Gasteiger partial charge >= 0.3 is 0 Å². The summed E-state index contributed by atoms with van der Waals surface area (Å²) < 4.78 is 2.11. The Hall–Kier alpha value is -1.95. The van der Waals surface area contributed by atoms with Gasteiger partial charge in [-0.15, -0.1) is 0 Å². The van der Waals surface area contributed by atoms with E-state index in [1.54, 1.807) is 0 Å². The van der Waals surface area contributed by atoms with Gasteiger partial charge in [0.25, 0.3) is 5.56 Å². The van der Waals surface area contributed by atoms with E-state index in [2.05, 4.69) is 70.0 Å². The Balaban J connectivity index is 1.86. The first-order valence-corrected chi connectivity index (χ1v) is 9.78. The van der Waals surface area contributed by atoms with Gasteiger partial charge in [-0.05, 0) is 34.6 Å². The van der Waals surface area contributed by atoms with Crippen molar-refractivity contribution >= 4 is 0 Å². The lowest BCUT2D eigenvalue weighted by Crippen LogP contribution is -2.37. The number of nitrogens with zero attached hydrogens (tertiary/aromatic N) is 4. The van der Waals surface area contributed by atoms with E-state index in [4.69, 9.17) is 10.1 Å². The normalized spacial score (nSPS) is 15.9. The van der Waals surface area contributed by atoms with Crippen LogP contribution in [-0.2, 0) is 30.5 Å². The fraction of sp³-hybridized carbons (Fsp3) is 0.667. The third-order valence-electron chi connectivity index (χ3n) is 5.32. The molecule has 0 amide bonds. The second kappa shape index (κ2) is 6.59. The van der Waals surface area contributed by atoms with Crippen molar-refractivity contribution in [2.75, 3.05) is 6.54 Å². The summed E-state index contributed by atoms with van der Waals surface area (Å²) in [5, 5.41) is 4.76. The minimum absolute atomic E-state index is 0.00783. The molecule has 0 saturated heterocycles. The summed E-state index contributed by atoms with van der Waals surface area (Å²) in [4.78, 5) is 22.7. The number of fused-ring (bicyclic) bond motifs is 1. The molecule has 148 valence electrons. The summed E-state index contributed by atoms with van der Waals surface area (Å²) in [7, 11) is 0. The molecule has 0 atom stereocenters. The van der Waals surface area contributed by atoms with E-state index in [1.807, 2.05) is 0 Å². The lowest BCUT2D eigenvalue weighted by atomic mass is 9.95. The maximum Gasteiger partial charge on any atom is 0.255 e. The van der Waals surface area contributed by atoms with Crippen LogP contribution in [-0.4, -0.2) is 31.2 Å². The lowest BCUT2D eigenvalue weighted by Gasteiger charge is -2.29. The van der Waals surface area contributed by atoms with Gasteiger partial charge in [-0.3, -0.25) is 14.4 Å². The summed E-state index contributed by atoms with van der Waals surface area (Å²) in [5.74, 6) is 0.776. The zero-order valence-electron chi connectivity index (χ0n) is 18.0. The molecule has 6 nitrogen and oxygen atoms in total. The van der Waals surface area contributed by atoms with E-state index in [9.17, 15) is 4.79 Å². The molecule has 3 rings (SSSR count). The molecule has 0 unspecified atom stereocenters. The van der Waals surface area contributed by atoms with Crippen LogP contribution in [0.25, 0.3) is 0 Å². The van der Waals surface area contributed by atoms with Gasteiger partial charge in [0.1, 0.15) is 5.82 Å². The summed E-state index contributed by atoms with van der Waals surface area (Å²) in [5.41, 5.74) is 5.14. The quantitative estimate of drug-likeness (QED) is 0.880. The van der Waals surface area contributed by atoms with Crippen molar-refractivity contribution < 1.29 is 0 Å². The molecule has 0 bridgehead atoms. The zero-order valence-corrected chi connectivity index (χ0v) is 18.0. The monoisotopic (exact) mass is 371 g/mol. The molecule has 0 saturated carbocycles. The minimum Gasteiger partial charge on any atom is -0.310 e. The third-order valence-corrected chi connectivity index (χ3v) is 5.32. The molecule has 2 aromatic rings. The van der Waals surface area contributed by atoms with Crippen LogP contribution in [0.15, 0.2) is 4.79 Å². The first kappa shape index (κ1) is 19.8. The average Bonchev–Trinajstić information content (AvgIpc) is 2.82. The molecule has 1 N–H and O–H groups in total. The largest absolute Gasteiger partial charge is 0.310 e. The van der Waals surface area contributed by atoms with Gasteiger partial charge < -0.3 is 4.98 Å². The zero-order chi connectivity index (χ0) is 20.1. The van der Waals surface area contributed by atoms with Gasteiger partial charge in [-0.1, -0.05) is 20.8 Å². The van der Waals surface area contributed by atoms with Crippen LogP contribution >= 0.6 is 0 Å². The first-order chi connectivity index (χ1) is 12.4. The molecule has 3 heterocycles. The highest BCUT2D eigenvalue weighted by molar-refractivity contribution is 5.27. The second-order valence-electron chi connectivity index (χ2n) is 9.78. The van der Waals surface area contributed by atoms with E-state index in [1.165, 1.54) is 11.3 Å². The maximum absolute atomic E-state index is 12.7. The van der Waals surface area contributed by atoms with E-state index < -0.39 is 0 Å². The SMILES string of the molecule is Cc1nn(C(C)(C)C)c(C)c1CN1CCc2nc(C(C)(C)C)[nH]c(=O)c2C1. The highest BCUT2D eigenvalue weighted by Gasteiger charge is 2.27. The fourth-order valence-corrected chi connectivity index (χ4v) is 3.75. The highest BCUT2D eigenvalue weighted by atomic mass is 16.1. The van der Waals surface area contributed by atoms with E-state index >= 15 is 0 Å². The Kier molecular flexibility index (Phi) is 4.83. The molecule has 0 spiro atoms. The molecular formula is C21H33N5O. The van der Waals surface area contributed by atoms with Crippen LogP contribution in [0, 0.1) is 13.8 Å². The van der Waals surface area contributed by atoms with Gasteiger partial charge in [0.15, 0.2) is 0 Å². The Morgan fingerprint density at radius 1 is 1.11 bits per heavy atom. The predicted molar refractivity (Wildman–Crippen MR) is 108 cm³/mol. The van der Waals surface area contributed by atoms with E-state index in [0.717, 1.165) is 42.3 Å². The van der Waals surface area contributed by atoms with Crippen LogP contribution in [0.4, 0.5) is 0 Å². The number of aromatic amines is 1. The number of aryl methyl sites for hydroxylation is 1. The molecule has 6 heteroatoms. The van der Waals surface area contributed by atoms with Gasteiger partial charge in [-0.2, -0.15) is 5.10 Å². The number of H-pyrrole nitrogens is 1.